The predicted octanol–water partition coefficient (Wildman–Crippen LogP) is 1.23. The molecule has 0 saturated carbocycles. The Morgan fingerprint density at radius 1 is 1.29 bits per heavy atom. The van der Waals surface area contributed by atoms with E-state index in [0.29, 0.717) is 37.9 Å². The van der Waals surface area contributed by atoms with Gasteiger partial charge in [0.2, 0.25) is 0 Å². The summed E-state index contributed by atoms with van der Waals surface area (Å²) >= 11 is 6.22. The third-order valence-corrected chi connectivity index (χ3v) is 4.18. The number of nitrogens with one attached hydrogen (secondary N) is 1. The molecule has 2 aliphatic rings. The lowest BCUT2D eigenvalue weighted by atomic mass is 10.1. The van der Waals surface area contributed by atoms with Crippen molar-refractivity contribution in [2.75, 3.05) is 39.4 Å². The van der Waals surface area contributed by atoms with Gasteiger partial charge < -0.3 is 19.7 Å². The highest BCUT2D eigenvalue weighted by Crippen LogP contribution is 2.28. The Morgan fingerprint density at radius 3 is 2.90 bits per heavy atom. The fourth-order valence-electron chi connectivity index (χ4n) is 2.70. The number of hydrogen-bond donors (Lipinski definition) is 1. The highest BCUT2D eigenvalue weighted by molar-refractivity contribution is 6.31. The number of carbonyl (C=O) groups excluding carboxylic acids is 1. The van der Waals surface area contributed by atoms with Crippen LogP contribution in [0.2, 0.25) is 5.02 Å². The minimum Gasteiger partial charge on any atom is -0.370 e. The average Bonchev–Trinajstić information content (AvgIpc) is 2.55. The van der Waals surface area contributed by atoms with Crippen LogP contribution >= 0.6 is 11.6 Å². The summed E-state index contributed by atoms with van der Waals surface area (Å²) in [5, 5.41) is 3.86. The van der Waals surface area contributed by atoms with Crippen molar-refractivity contribution >= 4 is 17.5 Å². The summed E-state index contributed by atoms with van der Waals surface area (Å²) < 4.78 is 11.3. The van der Waals surface area contributed by atoms with E-state index in [1.165, 1.54) is 0 Å². The molecule has 1 aromatic carbocycles. The molecule has 21 heavy (non-hydrogen) atoms. The largest absolute Gasteiger partial charge is 0.370 e. The van der Waals surface area contributed by atoms with Gasteiger partial charge in [0, 0.05) is 30.2 Å². The van der Waals surface area contributed by atoms with Crippen molar-refractivity contribution in [1.29, 1.82) is 0 Å². The number of carbonyl (C=O) groups is 1. The van der Waals surface area contributed by atoms with Gasteiger partial charge in [-0.25, -0.2) is 0 Å². The van der Waals surface area contributed by atoms with E-state index < -0.39 is 0 Å². The number of halogens is 1. The first-order valence-electron chi connectivity index (χ1n) is 7.23. The molecule has 1 amide bonds. The van der Waals surface area contributed by atoms with Crippen molar-refractivity contribution in [3.05, 3.63) is 34.9 Å². The zero-order valence-electron chi connectivity index (χ0n) is 11.8. The third kappa shape index (κ3) is 3.37. The molecule has 114 valence electrons. The minimum absolute atomic E-state index is 0.0301. The molecule has 0 bridgehead atoms. The van der Waals surface area contributed by atoms with Crippen molar-refractivity contribution in [3.8, 4) is 0 Å². The van der Waals surface area contributed by atoms with E-state index in [1.54, 1.807) is 0 Å². The standard InChI is InChI=1S/C15H19ClN2O3/c16-12-4-2-1-3-11(12)14-10-18(6-8-21-14)15(19)13-9-17-5-7-20-13/h1-4,13-14,17H,5-10H2/t13-,14-/m0/s1. The normalized spacial score (nSPS) is 26.6. The Labute approximate surface area is 129 Å². The van der Waals surface area contributed by atoms with E-state index in [0.717, 1.165) is 12.1 Å². The average molecular weight is 311 g/mol. The number of morpholine rings is 2. The molecule has 2 atom stereocenters. The van der Waals surface area contributed by atoms with Gasteiger partial charge >= 0.3 is 0 Å². The highest BCUT2D eigenvalue weighted by Gasteiger charge is 2.31. The van der Waals surface area contributed by atoms with E-state index in [9.17, 15) is 4.79 Å². The zero-order valence-corrected chi connectivity index (χ0v) is 12.5. The highest BCUT2D eigenvalue weighted by atomic mass is 35.5. The second-order valence-electron chi connectivity index (χ2n) is 5.23. The Bertz CT molecular complexity index is 505. The monoisotopic (exact) mass is 310 g/mol. The molecule has 2 heterocycles. The van der Waals surface area contributed by atoms with Gasteiger partial charge in [-0.15, -0.1) is 0 Å². The predicted molar refractivity (Wildman–Crippen MR) is 79.3 cm³/mol. The Hall–Kier alpha value is -1.14. The number of hydrogen-bond acceptors (Lipinski definition) is 4. The van der Waals surface area contributed by atoms with Gasteiger partial charge in [-0.2, -0.15) is 0 Å². The molecule has 1 N–H and O–H groups in total. The van der Waals surface area contributed by atoms with E-state index in [1.807, 2.05) is 29.2 Å². The van der Waals surface area contributed by atoms with E-state index in [-0.39, 0.29) is 18.1 Å². The summed E-state index contributed by atoms with van der Waals surface area (Å²) in [5.74, 6) is 0.0301. The molecular formula is C15H19ClN2O3. The number of benzene rings is 1. The van der Waals surface area contributed by atoms with Crippen LogP contribution < -0.4 is 5.32 Å². The molecule has 2 fully saturated rings. The molecule has 2 aliphatic heterocycles. The molecule has 0 spiro atoms. The van der Waals surface area contributed by atoms with E-state index >= 15 is 0 Å². The number of amides is 1. The van der Waals surface area contributed by atoms with Gasteiger partial charge in [0.05, 0.1) is 19.8 Å². The fourth-order valence-corrected chi connectivity index (χ4v) is 2.96. The SMILES string of the molecule is O=C([C@@H]1CNCCO1)N1CCO[C@H](c2ccccc2Cl)C1. The van der Waals surface area contributed by atoms with Crippen molar-refractivity contribution in [2.24, 2.45) is 0 Å². The van der Waals surface area contributed by atoms with Crippen LogP contribution in [-0.4, -0.2) is 56.3 Å². The first kappa shape index (κ1) is 14.8. The second-order valence-corrected chi connectivity index (χ2v) is 5.64. The number of ether oxygens (including phenoxy) is 2. The molecular weight excluding hydrogens is 292 g/mol. The van der Waals surface area contributed by atoms with Gasteiger partial charge in [-0.3, -0.25) is 4.79 Å². The molecule has 6 heteroatoms. The smallest absolute Gasteiger partial charge is 0.253 e. The third-order valence-electron chi connectivity index (χ3n) is 3.83. The molecule has 0 radical (unpaired) electrons. The zero-order chi connectivity index (χ0) is 14.7. The van der Waals surface area contributed by atoms with E-state index in [4.69, 9.17) is 21.1 Å². The topological polar surface area (TPSA) is 50.8 Å². The summed E-state index contributed by atoms with van der Waals surface area (Å²) in [5.41, 5.74) is 0.930. The van der Waals surface area contributed by atoms with Gasteiger partial charge in [-0.05, 0) is 6.07 Å². The van der Waals surface area contributed by atoms with Gasteiger partial charge in [0.1, 0.15) is 12.2 Å². The van der Waals surface area contributed by atoms with Crippen LogP contribution in [0.15, 0.2) is 24.3 Å². The number of nitrogens with zero attached hydrogens (tertiary/aromatic N) is 1. The molecule has 5 nitrogen and oxygen atoms in total. The van der Waals surface area contributed by atoms with Gasteiger partial charge in [0.25, 0.3) is 5.91 Å². The molecule has 0 aromatic heterocycles. The van der Waals surface area contributed by atoms with Crippen LogP contribution in [0.4, 0.5) is 0 Å². The Kier molecular flexibility index (Phi) is 4.75. The lowest BCUT2D eigenvalue weighted by molar-refractivity contribution is -0.152. The van der Waals surface area contributed by atoms with Crippen LogP contribution in [0.1, 0.15) is 11.7 Å². The lowest BCUT2D eigenvalue weighted by Gasteiger charge is -2.36. The van der Waals surface area contributed by atoms with Crippen LogP contribution in [0, 0.1) is 0 Å². The Balaban J connectivity index is 1.68. The molecule has 0 unspecified atom stereocenters. The summed E-state index contributed by atoms with van der Waals surface area (Å²) in [6, 6.07) is 7.60. The molecule has 3 rings (SSSR count). The van der Waals surface area contributed by atoms with E-state index in [2.05, 4.69) is 5.32 Å². The quantitative estimate of drug-likeness (QED) is 0.892. The summed E-state index contributed by atoms with van der Waals surface area (Å²) in [7, 11) is 0. The van der Waals surface area contributed by atoms with Crippen LogP contribution in [-0.2, 0) is 14.3 Å². The Morgan fingerprint density at radius 2 is 2.14 bits per heavy atom. The minimum atomic E-state index is -0.385. The maximum Gasteiger partial charge on any atom is 0.253 e. The lowest BCUT2D eigenvalue weighted by Crippen LogP contribution is -2.52. The van der Waals surface area contributed by atoms with Crippen molar-refractivity contribution in [2.45, 2.75) is 12.2 Å². The first-order valence-corrected chi connectivity index (χ1v) is 7.60. The maximum atomic E-state index is 12.5. The van der Waals surface area contributed by atoms with Crippen molar-refractivity contribution < 1.29 is 14.3 Å². The number of rotatable bonds is 2. The summed E-state index contributed by atoms with van der Waals surface area (Å²) in [4.78, 5) is 14.3. The fraction of sp³-hybridized carbons (Fsp3) is 0.533. The van der Waals surface area contributed by atoms with Crippen LogP contribution in [0.5, 0.6) is 0 Å². The maximum absolute atomic E-state index is 12.5. The summed E-state index contributed by atoms with van der Waals surface area (Å²) in [6.07, 6.45) is -0.559. The first-order chi connectivity index (χ1) is 10.3. The molecule has 0 aliphatic carbocycles. The summed E-state index contributed by atoms with van der Waals surface area (Å²) in [6.45, 7) is 3.58. The van der Waals surface area contributed by atoms with Gasteiger partial charge in [0.15, 0.2) is 0 Å². The van der Waals surface area contributed by atoms with Crippen LogP contribution in [0.3, 0.4) is 0 Å². The van der Waals surface area contributed by atoms with Crippen LogP contribution in [0.25, 0.3) is 0 Å². The molecule has 2 saturated heterocycles. The second kappa shape index (κ2) is 6.75. The van der Waals surface area contributed by atoms with Crippen molar-refractivity contribution in [3.63, 3.8) is 0 Å². The van der Waals surface area contributed by atoms with Crippen molar-refractivity contribution in [1.82, 2.24) is 10.2 Å². The molecule has 1 aromatic rings. The van der Waals surface area contributed by atoms with Gasteiger partial charge in [-0.1, -0.05) is 29.8 Å².